The van der Waals surface area contributed by atoms with Gasteiger partial charge < -0.3 is 0 Å². The van der Waals surface area contributed by atoms with Gasteiger partial charge in [-0.15, -0.1) is 0 Å². The average Bonchev–Trinajstić information content (AvgIpc) is 2.97. The largest absolute Gasteiger partial charge is 0.294 e. The second kappa shape index (κ2) is 9.78. The van der Waals surface area contributed by atoms with E-state index in [9.17, 15) is 4.79 Å². The predicted molar refractivity (Wildman–Crippen MR) is 152 cm³/mol. The molecule has 1 nitrogen and oxygen atoms in total. The van der Waals surface area contributed by atoms with E-state index in [4.69, 9.17) is 0 Å². The molecule has 2 bridgehead atoms. The van der Waals surface area contributed by atoms with Gasteiger partial charge in [0, 0.05) is 12.0 Å². The number of Topliss-reactive ketones (excluding diaryl/α,β-unsaturated/α-hetero) is 1. The van der Waals surface area contributed by atoms with E-state index in [1.54, 1.807) is 0 Å². The molecule has 37 heavy (non-hydrogen) atoms. The van der Waals surface area contributed by atoms with Crippen molar-refractivity contribution >= 4 is 5.78 Å². The summed E-state index contributed by atoms with van der Waals surface area (Å²) in [6, 6.07) is 43.5. The first-order valence-corrected chi connectivity index (χ1v) is 13.9. The minimum atomic E-state index is -0.0595. The molecule has 2 fully saturated rings. The van der Waals surface area contributed by atoms with Crippen LogP contribution in [0.4, 0.5) is 0 Å². The van der Waals surface area contributed by atoms with Crippen LogP contribution in [0.5, 0.6) is 0 Å². The molecule has 2 aliphatic carbocycles. The normalized spacial score (nSPS) is 26.9. The van der Waals surface area contributed by atoms with Gasteiger partial charge in [0.05, 0.1) is 0 Å². The zero-order chi connectivity index (χ0) is 25.2. The monoisotopic (exact) mass is 484 g/mol. The Labute approximate surface area is 221 Å². The smallest absolute Gasteiger partial charge is 0.162 e. The van der Waals surface area contributed by atoms with Gasteiger partial charge in [0.2, 0.25) is 0 Å². The molecule has 4 aromatic carbocycles. The Bertz CT molecular complexity index is 1270. The van der Waals surface area contributed by atoms with Crippen LogP contribution in [-0.2, 0) is 16.2 Å². The first-order chi connectivity index (χ1) is 18.1. The lowest BCUT2D eigenvalue weighted by Gasteiger charge is -2.60. The summed E-state index contributed by atoms with van der Waals surface area (Å²) in [6.07, 6.45) is 8.53. The van der Waals surface area contributed by atoms with E-state index in [0.29, 0.717) is 6.42 Å². The maximum atomic E-state index is 13.4. The van der Waals surface area contributed by atoms with E-state index in [0.717, 1.165) is 24.8 Å². The van der Waals surface area contributed by atoms with Crippen molar-refractivity contribution in [3.05, 3.63) is 144 Å². The van der Waals surface area contributed by atoms with Gasteiger partial charge in [0.25, 0.3) is 0 Å². The minimum Gasteiger partial charge on any atom is -0.294 e. The molecule has 2 saturated carbocycles. The number of hydrogen-bond acceptors (Lipinski definition) is 1. The maximum Gasteiger partial charge on any atom is 0.162 e. The number of fused-ring (bicyclic) bond motifs is 2. The van der Waals surface area contributed by atoms with E-state index in [1.165, 1.54) is 42.4 Å². The summed E-state index contributed by atoms with van der Waals surface area (Å²) in [7, 11) is 0. The molecule has 0 saturated heterocycles. The first-order valence-electron chi connectivity index (χ1n) is 13.9. The van der Waals surface area contributed by atoms with E-state index in [1.807, 2.05) is 30.3 Å². The van der Waals surface area contributed by atoms with Crippen LogP contribution in [0.25, 0.3) is 0 Å². The lowest BCUT2D eigenvalue weighted by atomic mass is 9.43. The zero-order valence-electron chi connectivity index (χ0n) is 21.6. The molecular formula is C36H36O. The summed E-state index contributed by atoms with van der Waals surface area (Å²) in [4.78, 5) is 13.4. The molecule has 4 aromatic rings. The van der Waals surface area contributed by atoms with Crippen LogP contribution in [0.1, 0.15) is 78.4 Å². The molecule has 1 heteroatoms. The van der Waals surface area contributed by atoms with Gasteiger partial charge in [-0.3, -0.25) is 4.79 Å². The predicted octanol–water partition coefficient (Wildman–Crippen LogP) is 8.83. The minimum absolute atomic E-state index is 0.0595. The summed E-state index contributed by atoms with van der Waals surface area (Å²) in [5.74, 6) is 0.258. The fourth-order valence-corrected chi connectivity index (χ4v) is 7.97. The Morgan fingerprint density at radius 2 is 0.973 bits per heavy atom. The van der Waals surface area contributed by atoms with Crippen molar-refractivity contribution in [2.75, 3.05) is 0 Å². The number of rotatable bonds is 7. The molecule has 6 rings (SSSR count). The molecule has 2 unspecified atom stereocenters. The Balaban J connectivity index is 1.48. The van der Waals surface area contributed by atoms with E-state index in [2.05, 4.69) is 91.0 Å². The van der Waals surface area contributed by atoms with E-state index >= 15 is 0 Å². The van der Waals surface area contributed by atoms with Gasteiger partial charge in [0.1, 0.15) is 0 Å². The third kappa shape index (κ3) is 4.46. The molecule has 0 heterocycles. The molecule has 0 radical (unpaired) electrons. The number of carbonyl (C=O) groups is 1. The standard InChI is InChI=1S/C36H36O/c37-33(29-14-5-1-6-15-29)22-25-36(32-20-11-4-12-21-32)27-34(30-16-7-2-8-17-30)23-13-24-35(26-34,28-36)31-18-9-3-10-19-31/h1-12,14-21H,13,22-28H2. The Hall–Kier alpha value is -3.45. The molecule has 2 aliphatic rings. The quantitative estimate of drug-likeness (QED) is 0.239. The van der Waals surface area contributed by atoms with Crippen molar-refractivity contribution in [3.8, 4) is 0 Å². The molecule has 2 atom stereocenters. The van der Waals surface area contributed by atoms with Crippen LogP contribution in [0.15, 0.2) is 121 Å². The summed E-state index contributed by atoms with van der Waals surface area (Å²) in [5, 5.41) is 0. The second-order valence-electron chi connectivity index (χ2n) is 11.6. The second-order valence-corrected chi connectivity index (χ2v) is 11.6. The van der Waals surface area contributed by atoms with Gasteiger partial charge >= 0.3 is 0 Å². The highest BCUT2D eigenvalue weighted by Crippen LogP contribution is 2.64. The fraction of sp³-hybridized carbons (Fsp3) is 0.306. The fourth-order valence-electron chi connectivity index (χ4n) is 7.97. The van der Waals surface area contributed by atoms with Crippen molar-refractivity contribution in [3.63, 3.8) is 0 Å². The van der Waals surface area contributed by atoms with Gasteiger partial charge in [-0.05, 0) is 71.5 Å². The summed E-state index contributed by atoms with van der Waals surface area (Å²) in [6.45, 7) is 0. The first kappa shape index (κ1) is 23.9. The zero-order valence-corrected chi connectivity index (χ0v) is 21.6. The third-order valence-electron chi connectivity index (χ3n) is 9.43. The molecule has 0 amide bonds. The average molecular weight is 485 g/mol. The lowest BCUT2D eigenvalue weighted by Crippen LogP contribution is -2.55. The third-order valence-corrected chi connectivity index (χ3v) is 9.43. The summed E-state index contributed by atoms with van der Waals surface area (Å²) in [5.41, 5.74) is 5.35. The highest BCUT2D eigenvalue weighted by atomic mass is 16.1. The lowest BCUT2D eigenvalue weighted by molar-refractivity contribution is 0.0441. The molecule has 0 spiro atoms. The van der Waals surface area contributed by atoms with Crippen LogP contribution >= 0.6 is 0 Å². The Morgan fingerprint density at radius 3 is 1.46 bits per heavy atom. The SMILES string of the molecule is O=C(CCC1(c2ccccc2)CC2(c3ccccc3)CCCC(c3ccccc3)(C2)C1)c1ccccc1. The van der Waals surface area contributed by atoms with Crippen LogP contribution in [0.3, 0.4) is 0 Å². The van der Waals surface area contributed by atoms with Crippen molar-refractivity contribution < 1.29 is 4.79 Å². The highest BCUT2D eigenvalue weighted by molar-refractivity contribution is 5.96. The summed E-state index contributed by atoms with van der Waals surface area (Å²) < 4.78 is 0. The topological polar surface area (TPSA) is 17.1 Å². The van der Waals surface area contributed by atoms with Crippen molar-refractivity contribution in [1.82, 2.24) is 0 Å². The van der Waals surface area contributed by atoms with Crippen molar-refractivity contribution in [2.24, 2.45) is 0 Å². The van der Waals surface area contributed by atoms with Crippen LogP contribution in [0, 0.1) is 0 Å². The molecule has 0 aromatic heterocycles. The van der Waals surface area contributed by atoms with Gasteiger partial charge in [-0.25, -0.2) is 0 Å². The Morgan fingerprint density at radius 1 is 0.541 bits per heavy atom. The number of ketones is 1. The van der Waals surface area contributed by atoms with Gasteiger partial charge in [-0.2, -0.15) is 0 Å². The molecular weight excluding hydrogens is 448 g/mol. The summed E-state index contributed by atoms with van der Waals surface area (Å²) >= 11 is 0. The van der Waals surface area contributed by atoms with Crippen molar-refractivity contribution in [1.29, 1.82) is 0 Å². The van der Waals surface area contributed by atoms with Gasteiger partial charge in [-0.1, -0.05) is 128 Å². The number of hydrogen-bond donors (Lipinski definition) is 0. The van der Waals surface area contributed by atoms with Crippen LogP contribution in [-0.4, -0.2) is 5.78 Å². The van der Waals surface area contributed by atoms with Crippen LogP contribution in [0.2, 0.25) is 0 Å². The maximum absolute atomic E-state index is 13.4. The number of benzene rings is 4. The Kier molecular flexibility index (Phi) is 6.32. The molecule has 0 N–H and O–H groups in total. The number of carbonyl (C=O) groups excluding carboxylic acids is 1. The van der Waals surface area contributed by atoms with Crippen molar-refractivity contribution in [2.45, 2.75) is 67.6 Å². The molecule has 0 aliphatic heterocycles. The van der Waals surface area contributed by atoms with Gasteiger partial charge in [0.15, 0.2) is 5.78 Å². The van der Waals surface area contributed by atoms with E-state index in [-0.39, 0.29) is 22.0 Å². The highest BCUT2D eigenvalue weighted by Gasteiger charge is 2.57. The van der Waals surface area contributed by atoms with Crippen LogP contribution < -0.4 is 0 Å². The molecule has 186 valence electrons. The van der Waals surface area contributed by atoms with E-state index < -0.39 is 0 Å².